The van der Waals surface area contributed by atoms with Gasteiger partial charge >= 0.3 is 0 Å². The molecule has 5 heteroatoms. The van der Waals surface area contributed by atoms with Crippen molar-refractivity contribution in [2.45, 2.75) is 18.0 Å². The highest BCUT2D eigenvalue weighted by molar-refractivity contribution is 7.90. The third-order valence-electron chi connectivity index (χ3n) is 3.14. The van der Waals surface area contributed by atoms with E-state index in [0.717, 1.165) is 23.4 Å². The van der Waals surface area contributed by atoms with Gasteiger partial charge in [0.1, 0.15) is 5.75 Å². The van der Waals surface area contributed by atoms with E-state index in [2.05, 4.69) is 5.32 Å². The van der Waals surface area contributed by atoms with E-state index in [4.69, 9.17) is 4.74 Å². The lowest BCUT2D eigenvalue weighted by atomic mass is 10.2. The van der Waals surface area contributed by atoms with Gasteiger partial charge in [0.2, 0.25) is 0 Å². The van der Waals surface area contributed by atoms with Crippen LogP contribution in [-0.2, 0) is 22.9 Å². The molecule has 0 heterocycles. The molecule has 0 aliphatic rings. The van der Waals surface area contributed by atoms with Crippen molar-refractivity contribution in [2.24, 2.45) is 0 Å². The summed E-state index contributed by atoms with van der Waals surface area (Å²) in [6, 6.07) is 14.8. The molecule has 0 spiro atoms. The summed E-state index contributed by atoms with van der Waals surface area (Å²) in [5.41, 5.74) is 2.19. The number of rotatable bonds is 6. The van der Waals surface area contributed by atoms with Gasteiger partial charge in [-0.3, -0.25) is 0 Å². The van der Waals surface area contributed by atoms with E-state index in [9.17, 15) is 8.42 Å². The largest absolute Gasteiger partial charge is 0.497 e. The quantitative estimate of drug-likeness (QED) is 0.890. The Kier molecular flexibility index (Phi) is 4.98. The molecule has 0 aliphatic carbocycles. The Labute approximate surface area is 125 Å². The first-order valence-electron chi connectivity index (χ1n) is 6.62. The SMILES string of the molecule is COc1cccc(CNCc2ccc(S(C)(=O)=O)cc2)c1. The molecule has 0 saturated carbocycles. The minimum absolute atomic E-state index is 0.346. The number of methoxy groups -OCH3 is 1. The van der Waals surface area contributed by atoms with Crippen molar-refractivity contribution in [2.75, 3.05) is 13.4 Å². The first-order chi connectivity index (χ1) is 9.99. The summed E-state index contributed by atoms with van der Waals surface area (Å²) in [6.07, 6.45) is 1.21. The van der Waals surface area contributed by atoms with Gasteiger partial charge in [-0.05, 0) is 35.4 Å². The van der Waals surface area contributed by atoms with Gasteiger partial charge in [-0.25, -0.2) is 8.42 Å². The molecule has 0 radical (unpaired) electrons. The monoisotopic (exact) mass is 305 g/mol. The zero-order chi connectivity index (χ0) is 15.3. The Morgan fingerprint density at radius 1 is 1.00 bits per heavy atom. The molecule has 2 aromatic carbocycles. The van der Waals surface area contributed by atoms with Gasteiger partial charge in [-0.1, -0.05) is 24.3 Å². The van der Waals surface area contributed by atoms with Crippen molar-refractivity contribution in [3.05, 3.63) is 59.7 Å². The minimum Gasteiger partial charge on any atom is -0.497 e. The van der Waals surface area contributed by atoms with Gasteiger partial charge < -0.3 is 10.1 Å². The van der Waals surface area contributed by atoms with Gasteiger partial charge in [-0.2, -0.15) is 0 Å². The third kappa shape index (κ3) is 4.58. The summed E-state index contributed by atoms with van der Waals surface area (Å²) in [7, 11) is -1.48. The van der Waals surface area contributed by atoms with Crippen LogP contribution in [0.2, 0.25) is 0 Å². The molecule has 2 rings (SSSR count). The second-order valence-electron chi connectivity index (χ2n) is 4.87. The second kappa shape index (κ2) is 6.74. The van der Waals surface area contributed by atoms with Crippen LogP contribution in [0.5, 0.6) is 5.75 Å². The van der Waals surface area contributed by atoms with E-state index < -0.39 is 9.84 Å². The first kappa shape index (κ1) is 15.5. The van der Waals surface area contributed by atoms with Gasteiger partial charge in [0.25, 0.3) is 0 Å². The van der Waals surface area contributed by atoms with E-state index >= 15 is 0 Å². The lowest BCUT2D eigenvalue weighted by Crippen LogP contribution is -2.12. The summed E-state index contributed by atoms with van der Waals surface area (Å²) in [5.74, 6) is 0.840. The van der Waals surface area contributed by atoms with E-state index in [-0.39, 0.29) is 0 Å². The average Bonchev–Trinajstić information content (AvgIpc) is 2.47. The normalized spacial score (nSPS) is 11.3. The molecule has 1 N–H and O–H groups in total. The van der Waals surface area contributed by atoms with Crippen LogP contribution in [0, 0.1) is 0 Å². The lowest BCUT2D eigenvalue weighted by molar-refractivity contribution is 0.414. The Hall–Kier alpha value is -1.85. The summed E-state index contributed by atoms with van der Waals surface area (Å²) in [4.78, 5) is 0.346. The Morgan fingerprint density at radius 2 is 1.67 bits per heavy atom. The second-order valence-corrected chi connectivity index (χ2v) is 6.89. The van der Waals surface area contributed by atoms with Crippen LogP contribution in [0.25, 0.3) is 0 Å². The Bertz CT molecular complexity index is 694. The Balaban J connectivity index is 1.91. The van der Waals surface area contributed by atoms with E-state index in [0.29, 0.717) is 11.4 Å². The van der Waals surface area contributed by atoms with E-state index in [1.54, 1.807) is 19.2 Å². The Morgan fingerprint density at radius 3 is 2.29 bits per heavy atom. The van der Waals surface area contributed by atoms with Crippen LogP contribution in [0.4, 0.5) is 0 Å². The number of nitrogens with one attached hydrogen (secondary N) is 1. The summed E-state index contributed by atoms with van der Waals surface area (Å²) in [5, 5.41) is 3.32. The van der Waals surface area contributed by atoms with Gasteiger partial charge in [-0.15, -0.1) is 0 Å². The number of hydrogen-bond acceptors (Lipinski definition) is 4. The van der Waals surface area contributed by atoms with Crippen molar-refractivity contribution in [3.8, 4) is 5.75 Å². The van der Waals surface area contributed by atoms with Crippen molar-refractivity contribution in [1.82, 2.24) is 5.32 Å². The van der Waals surface area contributed by atoms with Crippen molar-refractivity contribution < 1.29 is 13.2 Å². The minimum atomic E-state index is -3.13. The fourth-order valence-corrected chi connectivity index (χ4v) is 2.62. The van der Waals surface area contributed by atoms with Crippen LogP contribution in [0.1, 0.15) is 11.1 Å². The molecule has 21 heavy (non-hydrogen) atoms. The number of sulfone groups is 1. The van der Waals surface area contributed by atoms with Crippen LogP contribution in [0.15, 0.2) is 53.4 Å². The van der Waals surface area contributed by atoms with Crippen LogP contribution in [0.3, 0.4) is 0 Å². The third-order valence-corrected chi connectivity index (χ3v) is 4.27. The molecule has 0 amide bonds. The molecule has 2 aromatic rings. The van der Waals surface area contributed by atoms with Crippen molar-refractivity contribution in [3.63, 3.8) is 0 Å². The highest BCUT2D eigenvalue weighted by atomic mass is 32.2. The zero-order valence-corrected chi connectivity index (χ0v) is 13.0. The molecule has 0 saturated heterocycles. The molecular weight excluding hydrogens is 286 g/mol. The molecule has 112 valence electrons. The molecule has 0 unspecified atom stereocenters. The summed E-state index contributed by atoms with van der Waals surface area (Å²) in [6.45, 7) is 1.41. The molecule has 0 bridgehead atoms. The first-order valence-corrected chi connectivity index (χ1v) is 8.51. The smallest absolute Gasteiger partial charge is 0.175 e. The summed E-state index contributed by atoms with van der Waals surface area (Å²) >= 11 is 0. The van der Waals surface area contributed by atoms with Crippen molar-refractivity contribution >= 4 is 9.84 Å². The molecule has 4 nitrogen and oxygen atoms in total. The van der Waals surface area contributed by atoms with Crippen LogP contribution >= 0.6 is 0 Å². The summed E-state index contributed by atoms with van der Waals surface area (Å²) < 4.78 is 27.9. The molecule has 0 fully saturated rings. The van der Waals surface area contributed by atoms with Crippen LogP contribution in [-0.4, -0.2) is 21.8 Å². The fourth-order valence-electron chi connectivity index (χ4n) is 1.99. The predicted molar refractivity (Wildman–Crippen MR) is 83.1 cm³/mol. The van der Waals surface area contributed by atoms with E-state index in [1.807, 2.05) is 36.4 Å². The average molecular weight is 305 g/mol. The predicted octanol–water partition coefficient (Wildman–Crippen LogP) is 2.39. The highest BCUT2D eigenvalue weighted by Gasteiger charge is 2.05. The van der Waals surface area contributed by atoms with Crippen LogP contribution < -0.4 is 10.1 Å². The van der Waals surface area contributed by atoms with E-state index in [1.165, 1.54) is 6.26 Å². The topological polar surface area (TPSA) is 55.4 Å². The van der Waals surface area contributed by atoms with Gasteiger partial charge in [0, 0.05) is 19.3 Å². The van der Waals surface area contributed by atoms with Crippen molar-refractivity contribution in [1.29, 1.82) is 0 Å². The molecule has 0 atom stereocenters. The zero-order valence-electron chi connectivity index (χ0n) is 12.2. The molecule has 0 aliphatic heterocycles. The molecular formula is C16H19NO3S. The number of benzene rings is 2. The standard InChI is InChI=1S/C16H19NO3S/c1-20-15-5-3-4-14(10-15)12-17-11-13-6-8-16(9-7-13)21(2,18)19/h3-10,17H,11-12H2,1-2H3. The van der Waals surface area contributed by atoms with Gasteiger partial charge in [0.05, 0.1) is 12.0 Å². The van der Waals surface area contributed by atoms with Gasteiger partial charge in [0.15, 0.2) is 9.84 Å². The lowest BCUT2D eigenvalue weighted by Gasteiger charge is -2.07. The number of ether oxygens (including phenoxy) is 1. The molecule has 0 aromatic heterocycles. The maximum absolute atomic E-state index is 11.4. The maximum Gasteiger partial charge on any atom is 0.175 e. The highest BCUT2D eigenvalue weighted by Crippen LogP contribution is 2.13. The fraction of sp³-hybridized carbons (Fsp3) is 0.250. The number of hydrogen-bond donors (Lipinski definition) is 1. The maximum atomic E-state index is 11.4.